The van der Waals surface area contributed by atoms with Crippen molar-refractivity contribution in [3.63, 3.8) is 0 Å². The standard InChI is InChI=1S/C14H14BrClN2/c15-12-4-11(8-18-9-12)7-14(17)6-10-2-1-3-13(16)5-10/h1-5,8-9,14H,6-7,17H2. The van der Waals surface area contributed by atoms with Gasteiger partial charge in [0.15, 0.2) is 0 Å². The number of nitrogens with two attached hydrogens (primary N) is 1. The molecule has 2 aromatic rings. The molecule has 1 aromatic carbocycles. The van der Waals surface area contributed by atoms with Crippen molar-refractivity contribution in [1.29, 1.82) is 0 Å². The van der Waals surface area contributed by atoms with Crippen LogP contribution in [0.5, 0.6) is 0 Å². The summed E-state index contributed by atoms with van der Waals surface area (Å²) in [5.41, 5.74) is 8.45. The van der Waals surface area contributed by atoms with Crippen LogP contribution in [0.15, 0.2) is 47.2 Å². The summed E-state index contributed by atoms with van der Waals surface area (Å²) in [6, 6.07) is 9.94. The number of pyridine rings is 1. The third kappa shape index (κ3) is 4.09. The fourth-order valence-electron chi connectivity index (χ4n) is 1.91. The van der Waals surface area contributed by atoms with Crippen LogP contribution in [-0.2, 0) is 12.8 Å². The molecule has 1 atom stereocenters. The fraction of sp³-hybridized carbons (Fsp3) is 0.214. The summed E-state index contributed by atoms with van der Waals surface area (Å²) in [5.74, 6) is 0. The topological polar surface area (TPSA) is 38.9 Å². The van der Waals surface area contributed by atoms with Gasteiger partial charge in [-0.15, -0.1) is 0 Å². The third-order valence-corrected chi connectivity index (χ3v) is 3.32. The maximum absolute atomic E-state index is 6.15. The Balaban J connectivity index is 1.98. The number of nitrogens with zero attached hydrogens (tertiary/aromatic N) is 1. The van der Waals surface area contributed by atoms with Gasteiger partial charge in [-0.25, -0.2) is 0 Å². The van der Waals surface area contributed by atoms with Crippen LogP contribution in [0.25, 0.3) is 0 Å². The van der Waals surface area contributed by atoms with Crippen molar-refractivity contribution < 1.29 is 0 Å². The van der Waals surface area contributed by atoms with Crippen molar-refractivity contribution in [2.24, 2.45) is 5.73 Å². The van der Waals surface area contributed by atoms with E-state index in [2.05, 4.69) is 20.9 Å². The molecule has 94 valence electrons. The van der Waals surface area contributed by atoms with E-state index in [-0.39, 0.29) is 6.04 Å². The molecule has 1 unspecified atom stereocenters. The van der Waals surface area contributed by atoms with Crippen molar-refractivity contribution in [2.45, 2.75) is 18.9 Å². The fourth-order valence-corrected chi connectivity index (χ4v) is 2.53. The summed E-state index contributed by atoms with van der Waals surface area (Å²) in [6.07, 6.45) is 5.24. The van der Waals surface area contributed by atoms with Crippen LogP contribution < -0.4 is 5.73 Å². The minimum absolute atomic E-state index is 0.0690. The first-order chi connectivity index (χ1) is 8.63. The lowest BCUT2D eigenvalue weighted by Crippen LogP contribution is -2.25. The molecule has 2 N–H and O–H groups in total. The number of hydrogen-bond acceptors (Lipinski definition) is 2. The Morgan fingerprint density at radius 1 is 1.17 bits per heavy atom. The van der Waals surface area contributed by atoms with Gasteiger partial charge in [0.2, 0.25) is 0 Å². The maximum Gasteiger partial charge on any atom is 0.0410 e. The van der Waals surface area contributed by atoms with Gasteiger partial charge in [0, 0.05) is 27.9 Å². The van der Waals surface area contributed by atoms with E-state index in [9.17, 15) is 0 Å². The zero-order valence-electron chi connectivity index (χ0n) is 9.81. The highest BCUT2D eigenvalue weighted by molar-refractivity contribution is 9.10. The van der Waals surface area contributed by atoms with E-state index in [4.69, 9.17) is 17.3 Å². The van der Waals surface area contributed by atoms with Crippen molar-refractivity contribution >= 4 is 27.5 Å². The van der Waals surface area contributed by atoms with E-state index in [0.29, 0.717) is 0 Å². The normalized spacial score (nSPS) is 12.4. The SMILES string of the molecule is NC(Cc1cccc(Cl)c1)Cc1cncc(Br)c1. The Morgan fingerprint density at radius 2 is 1.94 bits per heavy atom. The molecular formula is C14H14BrClN2. The highest BCUT2D eigenvalue weighted by Gasteiger charge is 2.06. The molecule has 18 heavy (non-hydrogen) atoms. The Hall–Kier alpha value is -0.900. The van der Waals surface area contributed by atoms with E-state index < -0.39 is 0 Å². The molecule has 0 aliphatic heterocycles. The molecule has 2 rings (SSSR count). The average Bonchev–Trinajstić information content (AvgIpc) is 2.28. The molecule has 4 heteroatoms. The van der Waals surface area contributed by atoms with Crippen molar-refractivity contribution in [2.75, 3.05) is 0 Å². The largest absolute Gasteiger partial charge is 0.327 e. The molecule has 0 fully saturated rings. The molecule has 0 spiro atoms. The zero-order valence-corrected chi connectivity index (χ0v) is 12.2. The maximum atomic E-state index is 6.15. The first kappa shape index (κ1) is 13.5. The minimum atomic E-state index is 0.0690. The Kier molecular flexibility index (Phi) is 4.75. The highest BCUT2D eigenvalue weighted by Crippen LogP contribution is 2.15. The Morgan fingerprint density at radius 3 is 2.67 bits per heavy atom. The second-order valence-corrected chi connectivity index (χ2v) is 5.66. The van der Waals surface area contributed by atoms with Crippen LogP contribution in [-0.4, -0.2) is 11.0 Å². The van der Waals surface area contributed by atoms with Gasteiger partial charge in [0.1, 0.15) is 0 Å². The first-order valence-corrected chi connectivity index (χ1v) is 6.90. The molecule has 1 aromatic heterocycles. The van der Waals surface area contributed by atoms with Crippen molar-refractivity contribution in [1.82, 2.24) is 4.98 Å². The summed E-state index contributed by atoms with van der Waals surface area (Å²) in [4.78, 5) is 4.13. The molecule has 1 heterocycles. The third-order valence-electron chi connectivity index (χ3n) is 2.65. The molecule has 0 saturated heterocycles. The van der Waals surface area contributed by atoms with Crippen LogP contribution in [0.3, 0.4) is 0 Å². The summed E-state index contributed by atoms with van der Waals surface area (Å²) in [7, 11) is 0. The summed E-state index contributed by atoms with van der Waals surface area (Å²) in [5, 5.41) is 0.754. The van der Waals surface area contributed by atoms with Crippen molar-refractivity contribution in [3.8, 4) is 0 Å². The zero-order chi connectivity index (χ0) is 13.0. The number of rotatable bonds is 4. The van der Waals surface area contributed by atoms with E-state index in [1.165, 1.54) is 0 Å². The van der Waals surface area contributed by atoms with Gasteiger partial charge in [-0.1, -0.05) is 23.7 Å². The van der Waals surface area contributed by atoms with Gasteiger partial charge in [0.25, 0.3) is 0 Å². The van der Waals surface area contributed by atoms with Gasteiger partial charge >= 0.3 is 0 Å². The Labute approximate surface area is 120 Å². The van der Waals surface area contributed by atoms with E-state index in [1.807, 2.05) is 36.5 Å². The molecule has 2 nitrogen and oxygen atoms in total. The van der Waals surface area contributed by atoms with Gasteiger partial charge in [-0.3, -0.25) is 4.98 Å². The number of hydrogen-bond donors (Lipinski definition) is 1. The molecular weight excluding hydrogens is 312 g/mol. The van der Waals surface area contributed by atoms with Gasteiger partial charge in [-0.05, 0) is 58.1 Å². The summed E-state index contributed by atoms with van der Waals surface area (Å²) in [6.45, 7) is 0. The predicted molar refractivity (Wildman–Crippen MR) is 78.8 cm³/mol. The number of benzene rings is 1. The molecule has 0 aliphatic rings. The second kappa shape index (κ2) is 6.32. The van der Waals surface area contributed by atoms with Crippen LogP contribution >= 0.6 is 27.5 Å². The number of aromatic nitrogens is 1. The van der Waals surface area contributed by atoms with Gasteiger partial charge in [-0.2, -0.15) is 0 Å². The molecule has 0 amide bonds. The van der Waals surface area contributed by atoms with E-state index in [0.717, 1.165) is 33.5 Å². The quantitative estimate of drug-likeness (QED) is 0.932. The summed E-state index contributed by atoms with van der Waals surface area (Å²) >= 11 is 9.36. The molecule has 0 bridgehead atoms. The lowest BCUT2D eigenvalue weighted by molar-refractivity contribution is 0.663. The smallest absolute Gasteiger partial charge is 0.0410 e. The molecule has 0 radical (unpaired) electrons. The van der Waals surface area contributed by atoms with Crippen LogP contribution in [0.4, 0.5) is 0 Å². The van der Waals surface area contributed by atoms with E-state index in [1.54, 1.807) is 6.20 Å². The number of halogens is 2. The van der Waals surface area contributed by atoms with Gasteiger partial charge in [0.05, 0.1) is 0 Å². The minimum Gasteiger partial charge on any atom is -0.327 e. The summed E-state index contributed by atoms with van der Waals surface area (Å²) < 4.78 is 0.981. The van der Waals surface area contributed by atoms with Gasteiger partial charge < -0.3 is 5.73 Å². The highest BCUT2D eigenvalue weighted by atomic mass is 79.9. The Bertz CT molecular complexity index is 483. The van der Waals surface area contributed by atoms with Crippen LogP contribution in [0.1, 0.15) is 11.1 Å². The lowest BCUT2D eigenvalue weighted by Gasteiger charge is -2.12. The van der Waals surface area contributed by atoms with Crippen LogP contribution in [0, 0.1) is 0 Å². The lowest BCUT2D eigenvalue weighted by atomic mass is 10.0. The molecule has 0 aliphatic carbocycles. The van der Waals surface area contributed by atoms with Crippen LogP contribution in [0.2, 0.25) is 5.02 Å². The van der Waals surface area contributed by atoms with Crippen molar-refractivity contribution in [3.05, 3.63) is 63.3 Å². The predicted octanol–water partition coefficient (Wildman–Crippen LogP) is 3.61. The average molecular weight is 326 g/mol. The monoisotopic (exact) mass is 324 g/mol. The second-order valence-electron chi connectivity index (χ2n) is 4.31. The first-order valence-electron chi connectivity index (χ1n) is 5.73. The molecule has 0 saturated carbocycles. The van der Waals surface area contributed by atoms with E-state index >= 15 is 0 Å².